The van der Waals surface area contributed by atoms with E-state index in [0.717, 1.165) is 6.61 Å². The summed E-state index contributed by atoms with van der Waals surface area (Å²) in [6.45, 7) is 5.23. The molecule has 0 N–H and O–H groups in total. The highest BCUT2D eigenvalue weighted by molar-refractivity contribution is 5.24. The van der Waals surface area contributed by atoms with E-state index in [1.54, 1.807) is 0 Å². The molecule has 0 atom stereocenters. The summed E-state index contributed by atoms with van der Waals surface area (Å²) in [5.74, 6) is 0.616. The number of ether oxygens (including phenoxy) is 1. The molecular weight excluding hydrogens is 196 g/mol. The van der Waals surface area contributed by atoms with Gasteiger partial charge in [0.2, 0.25) is 0 Å². The van der Waals surface area contributed by atoms with Gasteiger partial charge in [-0.1, -0.05) is 51.0 Å². The van der Waals surface area contributed by atoms with E-state index in [1.807, 2.05) is 0 Å². The van der Waals surface area contributed by atoms with E-state index < -0.39 is 0 Å². The standard InChI is InChI=1S/C15H22O/c1-12(2)14-9-7-13(8-10-14)11-16-15-5-3-4-6-15/h7-10,12,15H,3-6,11H2,1-2H3. The van der Waals surface area contributed by atoms with E-state index >= 15 is 0 Å². The van der Waals surface area contributed by atoms with Crippen LogP contribution in [0.1, 0.15) is 56.6 Å². The average molecular weight is 218 g/mol. The van der Waals surface area contributed by atoms with Gasteiger partial charge in [0, 0.05) is 0 Å². The van der Waals surface area contributed by atoms with Crippen LogP contribution >= 0.6 is 0 Å². The van der Waals surface area contributed by atoms with Crippen molar-refractivity contribution in [3.63, 3.8) is 0 Å². The third-order valence-corrected chi connectivity index (χ3v) is 3.43. The van der Waals surface area contributed by atoms with Gasteiger partial charge in [0.25, 0.3) is 0 Å². The fourth-order valence-corrected chi connectivity index (χ4v) is 2.27. The first-order valence-corrected chi connectivity index (χ1v) is 6.46. The molecule has 0 heterocycles. The molecule has 1 nitrogen and oxygen atoms in total. The Morgan fingerprint density at radius 1 is 1.12 bits per heavy atom. The molecule has 88 valence electrons. The van der Waals surface area contributed by atoms with Gasteiger partial charge in [-0.05, 0) is 29.9 Å². The summed E-state index contributed by atoms with van der Waals surface area (Å²) in [4.78, 5) is 0. The van der Waals surface area contributed by atoms with Crippen LogP contribution in [0.15, 0.2) is 24.3 Å². The van der Waals surface area contributed by atoms with Crippen molar-refractivity contribution in [2.24, 2.45) is 0 Å². The van der Waals surface area contributed by atoms with Crippen molar-refractivity contribution in [3.8, 4) is 0 Å². The molecule has 0 unspecified atom stereocenters. The van der Waals surface area contributed by atoms with Crippen molar-refractivity contribution in [2.75, 3.05) is 0 Å². The summed E-state index contributed by atoms with van der Waals surface area (Å²) in [7, 11) is 0. The molecule has 1 aromatic rings. The predicted molar refractivity (Wildman–Crippen MR) is 67.6 cm³/mol. The molecule has 0 amide bonds. The number of rotatable bonds is 4. The Hall–Kier alpha value is -0.820. The Labute approximate surface area is 98.8 Å². The van der Waals surface area contributed by atoms with Gasteiger partial charge in [-0.2, -0.15) is 0 Å². The molecule has 0 aromatic heterocycles. The fraction of sp³-hybridized carbons (Fsp3) is 0.600. The first-order valence-electron chi connectivity index (χ1n) is 6.46. The van der Waals surface area contributed by atoms with E-state index in [1.165, 1.54) is 36.8 Å². The second-order valence-corrected chi connectivity index (χ2v) is 5.11. The van der Waals surface area contributed by atoms with Gasteiger partial charge in [-0.3, -0.25) is 0 Å². The van der Waals surface area contributed by atoms with Crippen LogP contribution in [0.25, 0.3) is 0 Å². The van der Waals surface area contributed by atoms with Crippen LogP contribution in [0.3, 0.4) is 0 Å². The first-order chi connectivity index (χ1) is 7.75. The van der Waals surface area contributed by atoms with Crippen LogP contribution in [0, 0.1) is 0 Å². The van der Waals surface area contributed by atoms with E-state index in [4.69, 9.17) is 4.74 Å². The summed E-state index contributed by atoms with van der Waals surface area (Å²) in [6, 6.07) is 8.84. The van der Waals surface area contributed by atoms with Gasteiger partial charge in [-0.15, -0.1) is 0 Å². The maximum absolute atomic E-state index is 5.89. The fourth-order valence-electron chi connectivity index (χ4n) is 2.27. The average Bonchev–Trinajstić information content (AvgIpc) is 2.80. The normalized spacial score (nSPS) is 17.2. The molecule has 1 aliphatic rings. The molecule has 0 saturated heterocycles. The summed E-state index contributed by atoms with van der Waals surface area (Å²) < 4.78 is 5.89. The smallest absolute Gasteiger partial charge is 0.0720 e. The SMILES string of the molecule is CC(C)c1ccc(COC2CCCC2)cc1. The third kappa shape index (κ3) is 3.08. The Morgan fingerprint density at radius 3 is 2.31 bits per heavy atom. The Balaban J connectivity index is 1.84. The highest BCUT2D eigenvalue weighted by Crippen LogP contribution is 2.22. The molecule has 1 aromatic carbocycles. The summed E-state index contributed by atoms with van der Waals surface area (Å²) in [6.07, 6.45) is 5.71. The Kier molecular flexibility index (Phi) is 4.00. The number of hydrogen-bond donors (Lipinski definition) is 0. The van der Waals surface area contributed by atoms with Gasteiger partial charge in [0.15, 0.2) is 0 Å². The minimum atomic E-state index is 0.518. The minimum absolute atomic E-state index is 0.518. The predicted octanol–water partition coefficient (Wildman–Crippen LogP) is 4.27. The highest BCUT2D eigenvalue weighted by Gasteiger charge is 2.14. The lowest BCUT2D eigenvalue weighted by atomic mass is 10.0. The van der Waals surface area contributed by atoms with Crippen LogP contribution in [-0.4, -0.2) is 6.10 Å². The molecule has 1 saturated carbocycles. The number of benzene rings is 1. The zero-order valence-electron chi connectivity index (χ0n) is 10.4. The maximum Gasteiger partial charge on any atom is 0.0720 e. The summed E-state index contributed by atoms with van der Waals surface area (Å²) in [5, 5.41) is 0. The lowest BCUT2D eigenvalue weighted by Crippen LogP contribution is -2.07. The molecule has 1 fully saturated rings. The molecule has 0 spiro atoms. The van der Waals surface area contributed by atoms with Gasteiger partial charge in [0.05, 0.1) is 12.7 Å². The third-order valence-electron chi connectivity index (χ3n) is 3.43. The molecule has 0 aliphatic heterocycles. The molecule has 0 radical (unpaired) electrons. The maximum atomic E-state index is 5.89. The zero-order valence-corrected chi connectivity index (χ0v) is 10.4. The van der Waals surface area contributed by atoms with Gasteiger partial charge in [-0.25, -0.2) is 0 Å². The van der Waals surface area contributed by atoms with Gasteiger partial charge in [0.1, 0.15) is 0 Å². The van der Waals surface area contributed by atoms with Crippen molar-refractivity contribution >= 4 is 0 Å². The van der Waals surface area contributed by atoms with Gasteiger partial charge >= 0.3 is 0 Å². The molecule has 0 bridgehead atoms. The largest absolute Gasteiger partial charge is 0.374 e. The van der Waals surface area contributed by atoms with E-state index in [0.29, 0.717) is 12.0 Å². The van der Waals surface area contributed by atoms with Gasteiger partial charge < -0.3 is 4.74 Å². The lowest BCUT2D eigenvalue weighted by Gasteiger charge is -2.12. The first kappa shape index (κ1) is 11.7. The van der Waals surface area contributed by atoms with E-state index in [2.05, 4.69) is 38.1 Å². The zero-order chi connectivity index (χ0) is 11.4. The molecule has 2 rings (SSSR count). The summed E-state index contributed by atoms with van der Waals surface area (Å²) in [5.41, 5.74) is 2.71. The monoisotopic (exact) mass is 218 g/mol. The Bertz CT molecular complexity index is 307. The van der Waals surface area contributed by atoms with E-state index in [9.17, 15) is 0 Å². The summed E-state index contributed by atoms with van der Waals surface area (Å²) >= 11 is 0. The molecule has 1 heteroatoms. The van der Waals surface area contributed by atoms with Crippen molar-refractivity contribution in [1.29, 1.82) is 0 Å². The second-order valence-electron chi connectivity index (χ2n) is 5.11. The molecular formula is C15H22O. The Morgan fingerprint density at radius 2 is 1.75 bits per heavy atom. The van der Waals surface area contributed by atoms with E-state index in [-0.39, 0.29) is 0 Å². The second kappa shape index (κ2) is 5.49. The highest BCUT2D eigenvalue weighted by atomic mass is 16.5. The van der Waals surface area contributed by atoms with Crippen LogP contribution in [0.5, 0.6) is 0 Å². The van der Waals surface area contributed by atoms with Crippen LogP contribution in [0.4, 0.5) is 0 Å². The quantitative estimate of drug-likeness (QED) is 0.733. The topological polar surface area (TPSA) is 9.23 Å². The van der Waals surface area contributed by atoms with Crippen molar-refractivity contribution in [3.05, 3.63) is 35.4 Å². The lowest BCUT2D eigenvalue weighted by molar-refractivity contribution is 0.0457. The van der Waals surface area contributed by atoms with Crippen molar-refractivity contribution in [2.45, 2.75) is 58.2 Å². The van der Waals surface area contributed by atoms with Crippen molar-refractivity contribution in [1.82, 2.24) is 0 Å². The molecule has 1 aliphatic carbocycles. The van der Waals surface area contributed by atoms with Crippen LogP contribution < -0.4 is 0 Å². The van der Waals surface area contributed by atoms with Crippen LogP contribution in [0.2, 0.25) is 0 Å². The van der Waals surface area contributed by atoms with Crippen LogP contribution in [-0.2, 0) is 11.3 Å². The van der Waals surface area contributed by atoms with Crippen molar-refractivity contribution < 1.29 is 4.74 Å². The molecule has 16 heavy (non-hydrogen) atoms. The number of hydrogen-bond acceptors (Lipinski definition) is 1. The minimum Gasteiger partial charge on any atom is -0.374 e.